The van der Waals surface area contributed by atoms with E-state index >= 15 is 0 Å². The van der Waals surface area contributed by atoms with Crippen LogP contribution in [-0.2, 0) is 6.61 Å². The highest BCUT2D eigenvalue weighted by molar-refractivity contribution is 6.18. The molecule has 0 spiro atoms. The van der Waals surface area contributed by atoms with Crippen molar-refractivity contribution in [3.05, 3.63) is 35.4 Å². The predicted molar refractivity (Wildman–Crippen MR) is 73.5 cm³/mol. The van der Waals surface area contributed by atoms with Crippen LogP contribution in [0.3, 0.4) is 0 Å². The molecular weight excluding hydrogens is 250 g/mol. The Hall–Kier alpha value is -1.45. The second-order valence-electron chi connectivity index (χ2n) is 4.59. The summed E-state index contributed by atoms with van der Waals surface area (Å²) in [5, 5.41) is 24.5. The van der Waals surface area contributed by atoms with Crippen molar-refractivity contribution in [2.75, 3.05) is 17.7 Å². The molecular formula is C14H14ClNO2. The average molecular weight is 264 g/mol. The highest BCUT2D eigenvalue weighted by Crippen LogP contribution is 2.43. The van der Waals surface area contributed by atoms with E-state index in [1.165, 1.54) is 0 Å². The molecule has 0 aromatic heterocycles. The number of alkyl halides is 1. The molecule has 3 N–H and O–H groups in total. The van der Waals surface area contributed by atoms with Crippen molar-refractivity contribution in [2.45, 2.75) is 12.5 Å². The minimum Gasteiger partial charge on any atom is -0.507 e. The maximum absolute atomic E-state index is 10.1. The fraction of sp³-hybridized carbons (Fsp3) is 0.286. The van der Waals surface area contributed by atoms with Gasteiger partial charge >= 0.3 is 0 Å². The first-order valence-electron chi connectivity index (χ1n) is 5.94. The molecule has 0 saturated heterocycles. The predicted octanol–water partition coefficient (Wildman–Crippen LogP) is 2.79. The fourth-order valence-corrected chi connectivity index (χ4v) is 2.99. The van der Waals surface area contributed by atoms with Crippen LogP contribution < -0.4 is 5.32 Å². The van der Waals surface area contributed by atoms with Crippen LogP contribution in [0.4, 0.5) is 5.69 Å². The van der Waals surface area contributed by atoms with Crippen LogP contribution >= 0.6 is 11.6 Å². The average Bonchev–Trinajstić information content (AvgIpc) is 2.81. The molecule has 1 heterocycles. The third-order valence-corrected chi connectivity index (χ3v) is 3.94. The molecule has 0 fully saturated rings. The fourth-order valence-electron chi connectivity index (χ4n) is 2.73. The molecule has 18 heavy (non-hydrogen) atoms. The molecule has 0 aliphatic carbocycles. The number of hydrogen-bond donors (Lipinski definition) is 3. The zero-order chi connectivity index (χ0) is 12.7. The van der Waals surface area contributed by atoms with Gasteiger partial charge in [0.2, 0.25) is 0 Å². The SMILES string of the molecule is OCc1cccc2c(O)cc3c(c12)[C@H](CCl)CN3. The highest BCUT2D eigenvalue weighted by Gasteiger charge is 2.26. The molecule has 2 aromatic carbocycles. The zero-order valence-corrected chi connectivity index (χ0v) is 10.5. The Morgan fingerprint density at radius 1 is 1.39 bits per heavy atom. The highest BCUT2D eigenvalue weighted by atomic mass is 35.5. The topological polar surface area (TPSA) is 52.5 Å². The lowest BCUT2D eigenvalue weighted by Crippen LogP contribution is -2.03. The summed E-state index contributed by atoms with van der Waals surface area (Å²) in [5.74, 6) is 0.985. The first-order valence-corrected chi connectivity index (χ1v) is 6.48. The van der Waals surface area contributed by atoms with Gasteiger partial charge in [-0.2, -0.15) is 0 Å². The Labute approximate surface area is 110 Å². The van der Waals surface area contributed by atoms with Gasteiger partial charge in [0.05, 0.1) is 6.61 Å². The maximum atomic E-state index is 10.1. The van der Waals surface area contributed by atoms with Crippen LogP contribution in [0, 0.1) is 0 Å². The first kappa shape index (κ1) is 11.6. The van der Waals surface area contributed by atoms with E-state index in [1.807, 2.05) is 18.2 Å². The number of aliphatic hydroxyl groups is 1. The van der Waals surface area contributed by atoms with Crippen LogP contribution in [0.5, 0.6) is 5.75 Å². The number of halogens is 1. The van der Waals surface area contributed by atoms with E-state index in [9.17, 15) is 10.2 Å². The molecule has 0 bridgehead atoms. The molecule has 0 saturated carbocycles. The lowest BCUT2D eigenvalue weighted by molar-refractivity contribution is 0.283. The van der Waals surface area contributed by atoms with Gasteiger partial charge in [-0.3, -0.25) is 0 Å². The number of fused-ring (bicyclic) bond motifs is 3. The molecule has 2 aromatic rings. The van der Waals surface area contributed by atoms with Crippen molar-refractivity contribution >= 4 is 28.1 Å². The van der Waals surface area contributed by atoms with Crippen LogP contribution in [0.1, 0.15) is 17.0 Å². The standard InChI is InChI=1S/C14H14ClNO2/c15-5-9-6-16-11-4-12(18)10-3-1-2-8(7-17)13(10)14(9)11/h1-4,9,16-18H,5-7H2/t9-/m1/s1. The second-order valence-corrected chi connectivity index (χ2v) is 4.90. The van der Waals surface area contributed by atoms with Gasteiger partial charge in [0.25, 0.3) is 0 Å². The number of aliphatic hydroxyl groups excluding tert-OH is 1. The molecule has 3 rings (SSSR count). The second kappa shape index (κ2) is 4.34. The van der Waals surface area contributed by atoms with Gasteiger partial charge in [-0.05, 0) is 16.5 Å². The van der Waals surface area contributed by atoms with E-state index in [4.69, 9.17) is 11.6 Å². The maximum Gasteiger partial charge on any atom is 0.125 e. The number of nitrogens with one attached hydrogen (secondary N) is 1. The third-order valence-electron chi connectivity index (χ3n) is 3.57. The Morgan fingerprint density at radius 3 is 2.94 bits per heavy atom. The van der Waals surface area contributed by atoms with Crippen molar-refractivity contribution in [2.24, 2.45) is 0 Å². The molecule has 0 amide bonds. The lowest BCUT2D eigenvalue weighted by atomic mass is 9.92. The van der Waals surface area contributed by atoms with Gasteiger partial charge in [0.1, 0.15) is 5.75 Å². The summed E-state index contributed by atoms with van der Waals surface area (Å²) in [6.07, 6.45) is 0. The number of anilines is 1. The largest absolute Gasteiger partial charge is 0.507 e. The molecule has 1 aliphatic rings. The summed E-state index contributed by atoms with van der Waals surface area (Å²) in [5.41, 5.74) is 2.87. The Morgan fingerprint density at radius 2 is 2.22 bits per heavy atom. The quantitative estimate of drug-likeness (QED) is 0.731. The summed E-state index contributed by atoms with van der Waals surface area (Å²) >= 11 is 6.01. The molecule has 1 atom stereocenters. The monoisotopic (exact) mass is 263 g/mol. The van der Waals surface area contributed by atoms with E-state index in [2.05, 4.69) is 5.32 Å². The van der Waals surface area contributed by atoms with Gasteiger partial charge < -0.3 is 15.5 Å². The van der Waals surface area contributed by atoms with Crippen LogP contribution in [0.15, 0.2) is 24.3 Å². The van der Waals surface area contributed by atoms with Crippen LogP contribution in [0.25, 0.3) is 10.8 Å². The summed E-state index contributed by atoms with van der Waals surface area (Å²) < 4.78 is 0. The van der Waals surface area contributed by atoms with Gasteiger partial charge in [-0.15, -0.1) is 11.6 Å². The molecule has 0 unspecified atom stereocenters. The number of benzene rings is 2. The molecule has 4 heteroatoms. The van der Waals surface area contributed by atoms with E-state index in [0.29, 0.717) is 5.88 Å². The van der Waals surface area contributed by atoms with Gasteiger partial charge in [0.15, 0.2) is 0 Å². The third kappa shape index (κ3) is 1.55. The molecule has 94 valence electrons. The van der Waals surface area contributed by atoms with Crippen molar-refractivity contribution < 1.29 is 10.2 Å². The number of phenolic OH excluding ortho intramolecular Hbond substituents is 1. The Kier molecular flexibility index (Phi) is 2.80. The van der Waals surface area contributed by atoms with Crippen molar-refractivity contribution in [3.8, 4) is 5.75 Å². The zero-order valence-electron chi connectivity index (χ0n) is 9.78. The Bertz CT molecular complexity index is 612. The number of phenols is 1. The van der Waals surface area contributed by atoms with Gasteiger partial charge in [-0.25, -0.2) is 0 Å². The lowest BCUT2D eigenvalue weighted by Gasteiger charge is -2.14. The van der Waals surface area contributed by atoms with Gasteiger partial charge in [-0.1, -0.05) is 18.2 Å². The Balaban J connectivity index is 2.41. The smallest absolute Gasteiger partial charge is 0.125 e. The number of hydrogen-bond acceptors (Lipinski definition) is 3. The minimum absolute atomic E-state index is 0.0394. The summed E-state index contributed by atoms with van der Waals surface area (Å²) in [4.78, 5) is 0. The normalized spacial score (nSPS) is 17.8. The van der Waals surface area contributed by atoms with Crippen molar-refractivity contribution in [1.82, 2.24) is 0 Å². The first-order chi connectivity index (χ1) is 8.76. The summed E-state index contributed by atoms with van der Waals surface area (Å²) in [7, 11) is 0. The van der Waals surface area contributed by atoms with Crippen LogP contribution in [-0.4, -0.2) is 22.6 Å². The van der Waals surface area contributed by atoms with E-state index in [-0.39, 0.29) is 18.3 Å². The van der Waals surface area contributed by atoms with Gasteiger partial charge in [0, 0.05) is 35.5 Å². The van der Waals surface area contributed by atoms with Crippen LogP contribution in [0.2, 0.25) is 0 Å². The minimum atomic E-state index is -0.0394. The molecule has 1 aliphatic heterocycles. The van der Waals surface area contributed by atoms with Crippen molar-refractivity contribution in [3.63, 3.8) is 0 Å². The molecule has 3 nitrogen and oxygen atoms in total. The van der Waals surface area contributed by atoms with E-state index in [1.54, 1.807) is 6.07 Å². The summed E-state index contributed by atoms with van der Waals surface area (Å²) in [6, 6.07) is 7.34. The molecule has 0 radical (unpaired) electrons. The van der Waals surface area contributed by atoms with E-state index in [0.717, 1.165) is 34.1 Å². The number of aromatic hydroxyl groups is 1. The van der Waals surface area contributed by atoms with E-state index < -0.39 is 0 Å². The summed E-state index contributed by atoms with van der Waals surface area (Å²) in [6.45, 7) is 0.736. The number of rotatable bonds is 2. The van der Waals surface area contributed by atoms with Crippen molar-refractivity contribution in [1.29, 1.82) is 0 Å².